The fourth-order valence-electron chi connectivity index (χ4n) is 1.62. The molecule has 20 heavy (non-hydrogen) atoms. The van der Waals surface area contributed by atoms with E-state index >= 15 is 0 Å². The fourth-order valence-corrected chi connectivity index (χ4v) is 1.62. The summed E-state index contributed by atoms with van der Waals surface area (Å²) < 4.78 is 16.4. The van der Waals surface area contributed by atoms with Crippen molar-refractivity contribution in [3.05, 3.63) is 29.8 Å². The van der Waals surface area contributed by atoms with Gasteiger partial charge in [0.25, 0.3) is 0 Å². The summed E-state index contributed by atoms with van der Waals surface area (Å²) in [6.07, 6.45) is 0.827. The van der Waals surface area contributed by atoms with E-state index in [1.54, 1.807) is 19.2 Å². The van der Waals surface area contributed by atoms with Crippen molar-refractivity contribution in [3.63, 3.8) is 0 Å². The summed E-state index contributed by atoms with van der Waals surface area (Å²) in [7, 11) is 1.70. The van der Waals surface area contributed by atoms with Crippen molar-refractivity contribution in [1.29, 1.82) is 0 Å². The Morgan fingerprint density at radius 2 is 1.85 bits per heavy atom. The third-order valence-corrected chi connectivity index (χ3v) is 3.15. The molecule has 112 valence electrons. The van der Waals surface area contributed by atoms with Gasteiger partial charge in [-0.05, 0) is 39.3 Å². The Kier molecular flexibility index (Phi) is 6.68. The minimum atomic E-state index is -0.165. The van der Waals surface area contributed by atoms with Gasteiger partial charge in [-0.15, -0.1) is 0 Å². The summed E-state index contributed by atoms with van der Waals surface area (Å²) in [5.41, 5.74) is 0.440. The summed E-state index contributed by atoms with van der Waals surface area (Å²) in [6.45, 7) is 7.12. The first-order chi connectivity index (χ1) is 9.46. The van der Waals surface area contributed by atoms with E-state index in [4.69, 9.17) is 14.2 Å². The van der Waals surface area contributed by atoms with Crippen LogP contribution in [-0.2, 0) is 9.47 Å². The van der Waals surface area contributed by atoms with Crippen LogP contribution < -0.4 is 4.74 Å². The van der Waals surface area contributed by atoms with Crippen molar-refractivity contribution in [2.24, 2.45) is 0 Å². The highest BCUT2D eigenvalue weighted by Crippen LogP contribution is 2.18. The third kappa shape index (κ3) is 5.72. The van der Waals surface area contributed by atoms with Crippen molar-refractivity contribution in [3.8, 4) is 5.75 Å². The molecular weight excluding hydrogens is 256 g/mol. The van der Waals surface area contributed by atoms with E-state index < -0.39 is 0 Å². The fraction of sp³-hybridized carbons (Fsp3) is 0.562. The lowest BCUT2D eigenvalue weighted by atomic mass is 10.1. The number of Topliss-reactive ketones (excluding diaryl/α,β-unsaturated/α-hetero) is 1. The SMILES string of the molecule is COC(C)(C)CCOCCOc1ccccc1C(C)=O. The van der Waals surface area contributed by atoms with Crippen LogP contribution in [0.5, 0.6) is 5.75 Å². The molecule has 0 N–H and O–H groups in total. The number of carbonyl (C=O) groups excluding carboxylic acids is 1. The number of para-hydroxylation sites is 1. The Labute approximate surface area is 121 Å². The number of methoxy groups -OCH3 is 1. The molecule has 0 atom stereocenters. The van der Waals surface area contributed by atoms with Crippen LogP contribution in [0.4, 0.5) is 0 Å². The van der Waals surface area contributed by atoms with E-state index in [1.807, 2.05) is 26.0 Å². The zero-order valence-corrected chi connectivity index (χ0v) is 12.8. The Morgan fingerprint density at radius 1 is 1.15 bits per heavy atom. The van der Waals surface area contributed by atoms with Gasteiger partial charge in [-0.25, -0.2) is 0 Å². The number of ether oxygens (including phenoxy) is 3. The van der Waals surface area contributed by atoms with Crippen LogP contribution in [0.1, 0.15) is 37.6 Å². The van der Waals surface area contributed by atoms with Gasteiger partial charge in [-0.3, -0.25) is 4.79 Å². The molecule has 0 spiro atoms. The second-order valence-corrected chi connectivity index (χ2v) is 5.23. The van der Waals surface area contributed by atoms with E-state index in [2.05, 4.69) is 0 Å². The second-order valence-electron chi connectivity index (χ2n) is 5.23. The molecule has 0 aliphatic rings. The second kappa shape index (κ2) is 8.02. The molecule has 0 fully saturated rings. The Hall–Kier alpha value is -1.39. The van der Waals surface area contributed by atoms with Crippen LogP contribution in [0, 0.1) is 0 Å². The van der Waals surface area contributed by atoms with Gasteiger partial charge in [-0.2, -0.15) is 0 Å². The van der Waals surface area contributed by atoms with Gasteiger partial charge in [0.05, 0.1) is 17.8 Å². The molecule has 1 rings (SSSR count). The lowest BCUT2D eigenvalue weighted by Crippen LogP contribution is -2.25. The number of benzene rings is 1. The zero-order valence-electron chi connectivity index (χ0n) is 12.8. The van der Waals surface area contributed by atoms with Crippen LogP contribution in [-0.4, -0.2) is 38.3 Å². The Morgan fingerprint density at radius 3 is 2.50 bits per heavy atom. The monoisotopic (exact) mass is 280 g/mol. The van der Waals surface area contributed by atoms with Crippen molar-refractivity contribution in [2.45, 2.75) is 32.8 Å². The zero-order chi connectivity index (χ0) is 15.0. The number of carbonyl (C=O) groups is 1. The lowest BCUT2D eigenvalue weighted by Gasteiger charge is -2.22. The molecule has 0 amide bonds. The number of rotatable bonds is 9. The quantitative estimate of drug-likeness (QED) is 0.515. The van der Waals surface area contributed by atoms with E-state index in [0.29, 0.717) is 31.1 Å². The van der Waals surface area contributed by atoms with E-state index in [0.717, 1.165) is 6.42 Å². The smallest absolute Gasteiger partial charge is 0.163 e. The molecule has 0 saturated heterocycles. The average molecular weight is 280 g/mol. The van der Waals surface area contributed by atoms with Crippen molar-refractivity contribution in [2.75, 3.05) is 26.9 Å². The largest absolute Gasteiger partial charge is 0.490 e. The molecule has 1 aromatic rings. The molecule has 0 aromatic heterocycles. The minimum Gasteiger partial charge on any atom is -0.490 e. The molecule has 0 saturated carbocycles. The standard InChI is InChI=1S/C16H24O4/c1-13(17)14-7-5-6-8-15(14)20-12-11-19-10-9-16(2,3)18-4/h5-8H,9-12H2,1-4H3. The average Bonchev–Trinajstić information content (AvgIpc) is 2.43. The van der Waals surface area contributed by atoms with Crippen molar-refractivity contribution < 1.29 is 19.0 Å². The van der Waals surface area contributed by atoms with Crippen LogP contribution in [0.15, 0.2) is 24.3 Å². The van der Waals surface area contributed by atoms with Gasteiger partial charge in [0, 0.05) is 13.7 Å². The molecule has 0 aliphatic carbocycles. The molecule has 0 radical (unpaired) electrons. The van der Waals surface area contributed by atoms with Gasteiger partial charge < -0.3 is 14.2 Å². The Balaban J connectivity index is 2.27. The number of ketones is 1. The normalized spacial score (nSPS) is 11.4. The molecule has 0 heterocycles. The molecule has 0 unspecified atom stereocenters. The maximum Gasteiger partial charge on any atom is 0.163 e. The molecule has 0 aliphatic heterocycles. The van der Waals surface area contributed by atoms with Crippen LogP contribution in [0.25, 0.3) is 0 Å². The van der Waals surface area contributed by atoms with E-state index in [-0.39, 0.29) is 11.4 Å². The highest BCUT2D eigenvalue weighted by molar-refractivity contribution is 5.96. The lowest BCUT2D eigenvalue weighted by molar-refractivity contribution is -0.0128. The molecule has 4 heteroatoms. The van der Waals surface area contributed by atoms with Crippen LogP contribution in [0.3, 0.4) is 0 Å². The third-order valence-electron chi connectivity index (χ3n) is 3.15. The highest BCUT2D eigenvalue weighted by Gasteiger charge is 2.15. The maximum atomic E-state index is 11.4. The van der Waals surface area contributed by atoms with Gasteiger partial charge in [-0.1, -0.05) is 12.1 Å². The summed E-state index contributed by atoms with van der Waals surface area (Å²) in [5, 5.41) is 0. The van der Waals surface area contributed by atoms with Crippen molar-refractivity contribution >= 4 is 5.78 Å². The first kappa shape index (κ1) is 16.7. The van der Waals surface area contributed by atoms with Gasteiger partial charge in [0.1, 0.15) is 12.4 Å². The minimum absolute atomic E-state index is 0.00311. The first-order valence-corrected chi connectivity index (χ1v) is 6.82. The van der Waals surface area contributed by atoms with Gasteiger partial charge in [0.2, 0.25) is 0 Å². The Bertz CT molecular complexity index is 426. The number of hydrogen-bond donors (Lipinski definition) is 0. The topological polar surface area (TPSA) is 44.8 Å². The van der Waals surface area contributed by atoms with Crippen molar-refractivity contribution in [1.82, 2.24) is 0 Å². The van der Waals surface area contributed by atoms with Gasteiger partial charge in [0.15, 0.2) is 5.78 Å². The first-order valence-electron chi connectivity index (χ1n) is 6.82. The van der Waals surface area contributed by atoms with Crippen LogP contribution in [0.2, 0.25) is 0 Å². The summed E-state index contributed by atoms with van der Waals surface area (Å²) in [4.78, 5) is 11.4. The summed E-state index contributed by atoms with van der Waals surface area (Å²) in [5.74, 6) is 0.615. The predicted octanol–water partition coefficient (Wildman–Crippen LogP) is 3.10. The summed E-state index contributed by atoms with van der Waals surface area (Å²) >= 11 is 0. The van der Waals surface area contributed by atoms with Crippen LogP contribution >= 0.6 is 0 Å². The number of hydrogen-bond acceptors (Lipinski definition) is 4. The molecule has 4 nitrogen and oxygen atoms in total. The molecule has 1 aromatic carbocycles. The highest BCUT2D eigenvalue weighted by atomic mass is 16.5. The van der Waals surface area contributed by atoms with E-state index in [9.17, 15) is 4.79 Å². The summed E-state index contributed by atoms with van der Waals surface area (Å²) in [6, 6.07) is 7.24. The van der Waals surface area contributed by atoms with Gasteiger partial charge >= 0.3 is 0 Å². The molecule has 0 bridgehead atoms. The maximum absolute atomic E-state index is 11.4. The van der Waals surface area contributed by atoms with E-state index in [1.165, 1.54) is 6.92 Å². The molecular formula is C16H24O4. The predicted molar refractivity (Wildman–Crippen MR) is 78.5 cm³/mol.